The van der Waals surface area contributed by atoms with Gasteiger partial charge in [0, 0.05) is 27.2 Å². The Hall–Kier alpha value is 1.26. The maximum absolute atomic E-state index is 8.39. The van der Waals surface area contributed by atoms with Crippen LogP contribution in [0, 0.1) is 0 Å². The van der Waals surface area contributed by atoms with Crippen molar-refractivity contribution in [1.82, 2.24) is 15.5 Å². The first-order valence-corrected chi connectivity index (χ1v) is 9.15. The number of hydrogen-bond acceptors (Lipinski definition) is 4. The summed E-state index contributed by atoms with van der Waals surface area (Å²) in [6.07, 6.45) is 0. The van der Waals surface area contributed by atoms with Gasteiger partial charge in [-0.15, -0.1) is 37.9 Å². The first-order valence-electron chi connectivity index (χ1n) is 6.58. The molecule has 0 unspecified atom stereocenters. The maximum atomic E-state index is 8.39. The van der Waals surface area contributed by atoms with Gasteiger partial charge < -0.3 is 25.1 Å². The summed E-state index contributed by atoms with van der Waals surface area (Å²) < 4.78 is 2.45. The van der Waals surface area contributed by atoms with Crippen LogP contribution in [0.5, 0.6) is 0 Å². The number of likely N-dealkylation sites (N-methyl/N-ethyl adjacent to an activating group) is 1. The minimum Gasteiger partial charge on any atom is -0.391 e. The Bertz CT molecular complexity index is 337. The van der Waals surface area contributed by atoms with Gasteiger partial charge in [0.15, 0.2) is 0 Å². The van der Waals surface area contributed by atoms with Crippen LogP contribution in [0.3, 0.4) is 0 Å². The van der Waals surface area contributed by atoms with Crippen LogP contribution >= 0.6 is 74.5 Å². The van der Waals surface area contributed by atoms with E-state index >= 15 is 0 Å². The van der Waals surface area contributed by atoms with E-state index in [1.54, 1.807) is 4.90 Å². The minimum absolute atomic E-state index is 0. The summed E-state index contributed by atoms with van der Waals surface area (Å²) in [5.74, 6) is 0. The molecular formula is C12H29N4OS6Zn+3. The molecule has 3 N–H and O–H groups in total. The SMILES string of the molecule is CN(C)C(=S)S.C[N+](C)(C)CCO.S=C(S)NCCNC(=S)S.[Zn+2]. The molecule has 0 heterocycles. The summed E-state index contributed by atoms with van der Waals surface area (Å²) in [5.41, 5.74) is 0. The van der Waals surface area contributed by atoms with Crippen LogP contribution in [0.4, 0.5) is 0 Å². The zero-order valence-electron chi connectivity index (χ0n) is 14.9. The third kappa shape index (κ3) is 43.6. The topological polar surface area (TPSA) is 47.5 Å². The molecule has 0 amide bonds. The molecule has 0 aliphatic heterocycles. The molecule has 0 aromatic carbocycles. The average Bonchev–Trinajstić information content (AvgIpc) is 2.34. The van der Waals surface area contributed by atoms with Crippen LogP contribution < -0.4 is 10.6 Å². The molecule has 0 aliphatic carbocycles. The van der Waals surface area contributed by atoms with Gasteiger partial charge in [0.25, 0.3) is 0 Å². The Morgan fingerprint density at radius 2 is 1.25 bits per heavy atom. The van der Waals surface area contributed by atoms with Gasteiger partial charge in [-0.3, -0.25) is 0 Å². The molecule has 0 aromatic rings. The van der Waals surface area contributed by atoms with E-state index in [2.05, 4.69) is 106 Å². The quantitative estimate of drug-likeness (QED) is 0.110. The first kappa shape index (κ1) is 32.9. The van der Waals surface area contributed by atoms with Crippen LogP contribution in [0.2, 0.25) is 0 Å². The van der Waals surface area contributed by atoms with Crippen molar-refractivity contribution >= 4 is 87.5 Å². The van der Waals surface area contributed by atoms with E-state index in [4.69, 9.17) is 5.11 Å². The fraction of sp³-hybridized carbons (Fsp3) is 0.750. The second-order valence-electron chi connectivity index (χ2n) is 5.38. The summed E-state index contributed by atoms with van der Waals surface area (Å²) in [6.45, 7) is 2.54. The Labute approximate surface area is 192 Å². The third-order valence-corrected chi connectivity index (χ3v) is 3.20. The normalized spacial score (nSPS) is 9.04. The number of nitrogens with zero attached hydrogens (tertiary/aromatic N) is 2. The summed E-state index contributed by atoms with van der Waals surface area (Å²) in [6, 6.07) is 0. The predicted octanol–water partition coefficient (Wildman–Crippen LogP) is 1.04. The van der Waals surface area contributed by atoms with Crippen LogP contribution in [0.1, 0.15) is 0 Å². The van der Waals surface area contributed by atoms with Crippen LogP contribution in [0.25, 0.3) is 0 Å². The van der Waals surface area contributed by atoms with Crippen molar-refractivity contribution < 1.29 is 29.1 Å². The molecule has 0 spiro atoms. The van der Waals surface area contributed by atoms with Crippen molar-refractivity contribution in [1.29, 1.82) is 0 Å². The number of thiocarbonyl (C=S) groups is 3. The van der Waals surface area contributed by atoms with Gasteiger partial charge in [0.2, 0.25) is 0 Å². The molecule has 24 heavy (non-hydrogen) atoms. The van der Waals surface area contributed by atoms with Gasteiger partial charge >= 0.3 is 19.5 Å². The Morgan fingerprint density at radius 1 is 0.958 bits per heavy atom. The number of thiol groups is 3. The molecule has 0 aliphatic rings. The fourth-order valence-corrected chi connectivity index (χ4v) is 1.07. The van der Waals surface area contributed by atoms with E-state index in [1.807, 2.05) is 14.1 Å². The molecular weight excluding hydrogens is 474 g/mol. The zero-order chi connectivity index (χ0) is 19.1. The van der Waals surface area contributed by atoms with Gasteiger partial charge in [0.05, 0.1) is 27.7 Å². The number of rotatable bonds is 5. The van der Waals surface area contributed by atoms with Crippen LogP contribution in [-0.2, 0) is 19.5 Å². The van der Waals surface area contributed by atoms with Gasteiger partial charge in [-0.1, -0.05) is 36.7 Å². The van der Waals surface area contributed by atoms with Crippen molar-refractivity contribution in [3.63, 3.8) is 0 Å². The number of hydrogen-bond donors (Lipinski definition) is 6. The zero-order valence-corrected chi connectivity index (χ0v) is 23.0. The first-order chi connectivity index (χ1) is 10.3. The number of aliphatic hydroxyl groups excluding tert-OH is 1. The number of quaternary nitrogens is 1. The van der Waals surface area contributed by atoms with Crippen molar-refractivity contribution in [2.24, 2.45) is 0 Å². The molecule has 5 nitrogen and oxygen atoms in total. The molecule has 0 saturated carbocycles. The number of aliphatic hydroxyl groups is 1. The van der Waals surface area contributed by atoms with Gasteiger partial charge in [-0.25, -0.2) is 0 Å². The molecule has 0 aromatic heterocycles. The largest absolute Gasteiger partial charge is 2.00 e. The maximum Gasteiger partial charge on any atom is 2.00 e. The predicted molar refractivity (Wildman–Crippen MR) is 124 cm³/mol. The number of nitrogens with one attached hydrogen (secondary N) is 2. The summed E-state index contributed by atoms with van der Waals surface area (Å²) in [7, 11) is 9.87. The van der Waals surface area contributed by atoms with Crippen molar-refractivity contribution in [3.05, 3.63) is 0 Å². The second kappa shape index (κ2) is 20.6. The summed E-state index contributed by atoms with van der Waals surface area (Å²) in [5, 5.41) is 14.1. The molecule has 0 atom stereocenters. The molecule has 0 saturated heterocycles. The summed E-state index contributed by atoms with van der Waals surface area (Å²) >= 11 is 25.5. The minimum atomic E-state index is 0. The molecule has 0 bridgehead atoms. The van der Waals surface area contributed by atoms with E-state index in [-0.39, 0.29) is 26.1 Å². The van der Waals surface area contributed by atoms with E-state index in [9.17, 15) is 0 Å². The average molecular weight is 503 g/mol. The van der Waals surface area contributed by atoms with Gasteiger partial charge in [-0.05, 0) is 0 Å². The van der Waals surface area contributed by atoms with E-state index in [0.29, 0.717) is 26.1 Å². The molecule has 0 fully saturated rings. The second-order valence-corrected chi connectivity index (χ2v) is 8.81. The summed E-state index contributed by atoms with van der Waals surface area (Å²) in [4.78, 5) is 1.76. The van der Waals surface area contributed by atoms with Gasteiger partial charge in [-0.2, -0.15) is 0 Å². The fourth-order valence-electron chi connectivity index (χ4n) is 0.639. The molecule has 12 heteroatoms. The van der Waals surface area contributed by atoms with Crippen molar-refractivity contribution in [2.75, 3.05) is 61.5 Å². The Kier molecular flexibility index (Phi) is 28.2. The Morgan fingerprint density at radius 3 is 1.33 bits per heavy atom. The van der Waals surface area contributed by atoms with Crippen molar-refractivity contribution in [3.8, 4) is 0 Å². The standard InChI is InChI=1S/C5H14NO.C4H8N2S4.C3H7NS2.Zn/c1-6(2,3)4-5-7;7-3(8)5-1-2-6-4(9)10;1-4(2)3(5)6;/h7H,4-5H2,1-3H3;1-2H2,(H2,5,7,8)(H2,6,9,10);1-2H3,(H,5,6);/q+1;;;+2. The monoisotopic (exact) mass is 501 g/mol. The van der Waals surface area contributed by atoms with E-state index < -0.39 is 0 Å². The van der Waals surface area contributed by atoms with E-state index in [0.717, 1.165) is 11.0 Å². The molecule has 0 rings (SSSR count). The molecule has 138 valence electrons. The van der Waals surface area contributed by atoms with Crippen LogP contribution in [-0.4, -0.2) is 88.9 Å². The molecule has 0 radical (unpaired) electrons. The smallest absolute Gasteiger partial charge is 0.391 e. The Balaban J connectivity index is -0.000000127. The third-order valence-electron chi connectivity index (χ3n) is 1.83. The van der Waals surface area contributed by atoms with Crippen molar-refractivity contribution in [2.45, 2.75) is 0 Å². The van der Waals surface area contributed by atoms with Crippen LogP contribution in [0.15, 0.2) is 0 Å². The van der Waals surface area contributed by atoms with Gasteiger partial charge in [0.1, 0.15) is 19.5 Å². The van der Waals surface area contributed by atoms with E-state index in [1.165, 1.54) is 0 Å².